The van der Waals surface area contributed by atoms with E-state index in [1.54, 1.807) is 4.90 Å². The molecule has 0 aromatic heterocycles. The molecule has 0 saturated carbocycles. The molecule has 19 heavy (non-hydrogen) atoms. The highest BCUT2D eigenvalue weighted by molar-refractivity contribution is 5.99. The zero-order chi connectivity index (χ0) is 14.8. The van der Waals surface area contributed by atoms with Gasteiger partial charge in [-0.2, -0.15) is 0 Å². The Morgan fingerprint density at radius 2 is 1.84 bits per heavy atom. The van der Waals surface area contributed by atoms with Crippen LogP contribution in [-0.4, -0.2) is 34.8 Å². The molecule has 1 N–H and O–H groups in total. The van der Waals surface area contributed by atoms with Gasteiger partial charge < -0.3 is 10.2 Å². The fraction of sp³-hybridized carbons (Fsp3) is 0.867. The molecule has 1 fully saturated rings. The van der Waals surface area contributed by atoms with E-state index in [0.717, 1.165) is 6.42 Å². The van der Waals surface area contributed by atoms with Crippen molar-refractivity contribution in [2.24, 2.45) is 5.41 Å². The average Bonchev–Trinajstić information content (AvgIpc) is 2.30. The third kappa shape index (κ3) is 3.48. The molecule has 0 spiro atoms. The van der Waals surface area contributed by atoms with Crippen LogP contribution in [-0.2, 0) is 9.59 Å². The van der Waals surface area contributed by atoms with Crippen LogP contribution in [0.15, 0.2) is 0 Å². The van der Waals surface area contributed by atoms with E-state index in [1.165, 1.54) is 0 Å². The van der Waals surface area contributed by atoms with Gasteiger partial charge in [0.25, 0.3) is 0 Å². The SMILES string of the molecule is CCC1C(=O)NC(C)(CC)C(=O)N1CCC(C)(C)C. The van der Waals surface area contributed by atoms with E-state index in [4.69, 9.17) is 0 Å². The molecular weight excluding hydrogens is 240 g/mol. The molecule has 1 aliphatic rings. The average molecular weight is 268 g/mol. The number of piperazine rings is 1. The van der Waals surface area contributed by atoms with Gasteiger partial charge in [-0.15, -0.1) is 0 Å². The maximum atomic E-state index is 12.6. The molecule has 1 heterocycles. The van der Waals surface area contributed by atoms with Gasteiger partial charge in [-0.3, -0.25) is 9.59 Å². The monoisotopic (exact) mass is 268 g/mol. The summed E-state index contributed by atoms with van der Waals surface area (Å²) in [5, 5.41) is 2.89. The van der Waals surface area contributed by atoms with E-state index < -0.39 is 5.54 Å². The number of nitrogens with zero attached hydrogens (tertiary/aromatic N) is 1. The second-order valence-corrected chi connectivity index (χ2v) is 6.91. The molecule has 2 atom stereocenters. The van der Waals surface area contributed by atoms with Crippen LogP contribution in [0.2, 0.25) is 0 Å². The van der Waals surface area contributed by atoms with Crippen molar-refractivity contribution < 1.29 is 9.59 Å². The molecule has 1 saturated heterocycles. The maximum absolute atomic E-state index is 12.6. The second-order valence-electron chi connectivity index (χ2n) is 6.91. The Labute approximate surface area is 116 Å². The van der Waals surface area contributed by atoms with E-state index in [1.807, 2.05) is 20.8 Å². The van der Waals surface area contributed by atoms with Gasteiger partial charge in [0.1, 0.15) is 11.6 Å². The fourth-order valence-corrected chi connectivity index (χ4v) is 2.37. The van der Waals surface area contributed by atoms with E-state index >= 15 is 0 Å². The van der Waals surface area contributed by atoms with Gasteiger partial charge >= 0.3 is 0 Å². The van der Waals surface area contributed by atoms with Crippen molar-refractivity contribution in [1.29, 1.82) is 0 Å². The van der Waals surface area contributed by atoms with E-state index in [2.05, 4.69) is 26.1 Å². The van der Waals surface area contributed by atoms with Crippen molar-refractivity contribution in [2.75, 3.05) is 6.54 Å². The summed E-state index contributed by atoms with van der Waals surface area (Å²) in [7, 11) is 0. The lowest BCUT2D eigenvalue weighted by atomic mass is 9.88. The molecule has 0 aromatic carbocycles. The van der Waals surface area contributed by atoms with Crippen molar-refractivity contribution in [2.45, 2.75) is 72.4 Å². The molecular formula is C15H28N2O2. The maximum Gasteiger partial charge on any atom is 0.248 e. The summed E-state index contributed by atoms with van der Waals surface area (Å²) < 4.78 is 0. The number of nitrogens with one attached hydrogen (secondary N) is 1. The minimum atomic E-state index is -0.735. The Morgan fingerprint density at radius 3 is 2.26 bits per heavy atom. The molecule has 0 aliphatic carbocycles. The lowest BCUT2D eigenvalue weighted by molar-refractivity contribution is -0.155. The van der Waals surface area contributed by atoms with Gasteiger partial charge in [-0.25, -0.2) is 0 Å². The molecule has 110 valence electrons. The zero-order valence-corrected chi connectivity index (χ0v) is 13.2. The van der Waals surface area contributed by atoms with Crippen molar-refractivity contribution >= 4 is 11.8 Å². The first-order valence-corrected chi connectivity index (χ1v) is 7.27. The predicted octanol–water partition coefficient (Wildman–Crippen LogP) is 2.33. The number of rotatable bonds is 4. The van der Waals surface area contributed by atoms with E-state index in [0.29, 0.717) is 19.4 Å². The molecule has 4 heteroatoms. The Hall–Kier alpha value is -1.06. The van der Waals surface area contributed by atoms with Gasteiger partial charge in [-0.05, 0) is 31.6 Å². The quantitative estimate of drug-likeness (QED) is 0.850. The van der Waals surface area contributed by atoms with Crippen LogP contribution in [0.25, 0.3) is 0 Å². The van der Waals surface area contributed by atoms with Gasteiger partial charge in [0, 0.05) is 6.54 Å². The number of hydrogen-bond donors (Lipinski definition) is 1. The third-order valence-corrected chi connectivity index (χ3v) is 4.01. The molecule has 0 radical (unpaired) electrons. The van der Waals surface area contributed by atoms with Crippen LogP contribution >= 0.6 is 0 Å². The van der Waals surface area contributed by atoms with Gasteiger partial charge in [0.2, 0.25) is 11.8 Å². The highest BCUT2D eigenvalue weighted by Crippen LogP contribution is 2.26. The number of carbonyl (C=O) groups excluding carboxylic acids is 2. The highest BCUT2D eigenvalue weighted by Gasteiger charge is 2.46. The van der Waals surface area contributed by atoms with Crippen molar-refractivity contribution in [3.63, 3.8) is 0 Å². The first-order valence-electron chi connectivity index (χ1n) is 7.27. The summed E-state index contributed by atoms with van der Waals surface area (Å²) >= 11 is 0. The Bertz CT molecular complexity index is 360. The second kappa shape index (κ2) is 5.51. The Kier molecular flexibility index (Phi) is 4.64. The summed E-state index contributed by atoms with van der Waals surface area (Å²) in [6.45, 7) is 12.8. The van der Waals surface area contributed by atoms with Gasteiger partial charge in [0.05, 0.1) is 0 Å². The first-order chi connectivity index (χ1) is 8.64. The topological polar surface area (TPSA) is 49.4 Å². The zero-order valence-electron chi connectivity index (χ0n) is 13.2. The van der Waals surface area contributed by atoms with Crippen LogP contribution in [0.3, 0.4) is 0 Å². The fourth-order valence-electron chi connectivity index (χ4n) is 2.37. The largest absolute Gasteiger partial charge is 0.340 e. The van der Waals surface area contributed by atoms with E-state index in [9.17, 15) is 9.59 Å². The molecule has 1 rings (SSSR count). The minimum absolute atomic E-state index is 0.0136. The highest BCUT2D eigenvalue weighted by atomic mass is 16.2. The Balaban J connectivity index is 2.93. The van der Waals surface area contributed by atoms with Gasteiger partial charge in [0.15, 0.2) is 0 Å². The van der Waals surface area contributed by atoms with Crippen LogP contribution in [0.1, 0.15) is 60.8 Å². The molecule has 4 nitrogen and oxygen atoms in total. The molecule has 0 aromatic rings. The summed E-state index contributed by atoms with van der Waals surface area (Å²) in [6, 6.07) is -0.311. The molecule has 1 aliphatic heterocycles. The lowest BCUT2D eigenvalue weighted by Gasteiger charge is -2.44. The summed E-state index contributed by atoms with van der Waals surface area (Å²) in [4.78, 5) is 26.6. The first kappa shape index (κ1) is 16.0. The summed E-state index contributed by atoms with van der Waals surface area (Å²) in [5.74, 6) is 0.0473. The van der Waals surface area contributed by atoms with Gasteiger partial charge in [-0.1, -0.05) is 34.6 Å². The predicted molar refractivity (Wildman–Crippen MR) is 76.7 cm³/mol. The van der Waals surface area contributed by atoms with Crippen molar-refractivity contribution in [1.82, 2.24) is 10.2 Å². The number of hydrogen-bond acceptors (Lipinski definition) is 2. The summed E-state index contributed by atoms with van der Waals surface area (Å²) in [6.07, 6.45) is 2.20. The standard InChI is InChI=1S/C15H28N2O2/c1-7-11-12(18)16-15(6,8-2)13(19)17(11)10-9-14(3,4)5/h11H,7-10H2,1-6H3,(H,16,18). The van der Waals surface area contributed by atoms with Crippen LogP contribution in [0, 0.1) is 5.41 Å². The number of amides is 2. The van der Waals surface area contributed by atoms with Crippen molar-refractivity contribution in [3.8, 4) is 0 Å². The van der Waals surface area contributed by atoms with Crippen LogP contribution < -0.4 is 5.32 Å². The van der Waals surface area contributed by atoms with Crippen LogP contribution in [0.5, 0.6) is 0 Å². The smallest absolute Gasteiger partial charge is 0.248 e. The van der Waals surface area contributed by atoms with E-state index in [-0.39, 0.29) is 23.3 Å². The van der Waals surface area contributed by atoms with Crippen molar-refractivity contribution in [3.05, 3.63) is 0 Å². The Morgan fingerprint density at radius 1 is 1.26 bits per heavy atom. The summed E-state index contributed by atoms with van der Waals surface area (Å²) in [5.41, 5.74) is -0.574. The molecule has 2 amide bonds. The van der Waals surface area contributed by atoms with Crippen LogP contribution in [0.4, 0.5) is 0 Å². The minimum Gasteiger partial charge on any atom is -0.340 e. The lowest BCUT2D eigenvalue weighted by Crippen LogP contribution is -2.69. The molecule has 0 bridgehead atoms. The number of carbonyl (C=O) groups is 2. The third-order valence-electron chi connectivity index (χ3n) is 4.01. The normalized spacial score (nSPS) is 28.5. The molecule has 2 unspecified atom stereocenters.